The summed E-state index contributed by atoms with van der Waals surface area (Å²) >= 11 is 1.56. The number of carbonyl (C=O) groups is 1. The van der Waals surface area contributed by atoms with E-state index in [4.69, 9.17) is 0 Å². The van der Waals surface area contributed by atoms with Gasteiger partial charge in [-0.05, 0) is 26.0 Å². The number of carbonyl (C=O) groups excluding carboxylic acids is 1. The second-order valence-corrected chi connectivity index (χ2v) is 5.17. The van der Waals surface area contributed by atoms with E-state index in [0.29, 0.717) is 5.82 Å². The molecule has 0 aliphatic carbocycles. The molecule has 18 heavy (non-hydrogen) atoms. The van der Waals surface area contributed by atoms with E-state index in [1.165, 1.54) is 6.33 Å². The molecular weight excluding hydrogens is 248 g/mol. The molecule has 1 N–H and O–H groups in total. The summed E-state index contributed by atoms with van der Waals surface area (Å²) in [4.78, 5) is 22.3. The number of aromatic nitrogens is 2. The zero-order valence-corrected chi connectivity index (χ0v) is 11.5. The fourth-order valence-corrected chi connectivity index (χ4v) is 2.41. The van der Waals surface area contributed by atoms with Gasteiger partial charge in [0.05, 0.1) is 0 Å². The summed E-state index contributed by atoms with van der Waals surface area (Å²) in [6, 6.07) is 1.62. The Balaban J connectivity index is 1.97. The van der Waals surface area contributed by atoms with Crippen molar-refractivity contribution in [3.63, 3.8) is 0 Å². The van der Waals surface area contributed by atoms with E-state index in [2.05, 4.69) is 15.3 Å². The predicted molar refractivity (Wildman–Crippen MR) is 72.7 cm³/mol. The van der Waals surface area contributed by atoms with Crippen LogP contribution in [0.25, 0.3) is 0 Å². The maximum absolute atomic E-state index is 12.1. The summed E-state index contributed by atoms with van der Waals surface area (Å²) in [5, 5.41) is 4.03. The lowest BCUT2D eigenvalue weighted by molar-refractivity contribution is -0.130. The molecule has 6 heteroatoms. The summed E-state index contributed by atoms with van der Waals surface area (Å²) in [6.07, 6.45) is 5.71. The van der Waals surface area contributed by atoms with Gasteiger partial charge in [-0.1, -0.05) is 0 Å². The molecule has 1 amide bonds. The molecule has 0 aromatic carbocycles. The maximum atomic E-state index is 12.1. The molecule has 5 nitrogen and oxygen atoms in total. The smallest absolute Gasteiger partial charge is 0.244 e. The van der Waals surface area contributed by atoms with Crippen molar-refractivity contribution in [2.24, 2.45) is 0 Å². The summed E-state index contributed by atoms with van der Waals surface area (Å²) in [7, 11) is 0. The molecule has 0 saturated carbocycles. The van der Waals surface area contributed by atoms with Crippen molar-refractivity contribution in [1.29, 1.82) is 0 Å². The molecule has 1 atom stereocenters. The lowest BCUT2D eigenvalue weighted by Crippen LogP contribution is -2.39. The molecule has 1 unspecified atom stereocenters. The van der Waals surface area contributed by atoms with Gasteiger partial charge in [0.2, 0.25) is 5.91 Å². The number of rotatable bonds is 4. The Kier molecular flexibility index (Phi) is 4.41. The molecule has 2 rings (SSSR count). The Morgan fingerprint density at radius 2 is 2.17 bits per heavy atom. The summed E-state index contributed by atoms with van der Waals surface area (Å²) in [6.45, 7) is 3.64. The first-order valence-electron chi connectivity index (χ1n) is 6.12. The van der Waals surface area contributed by atoms with Crippen molar-refractivity contribution >= 4 is 23.5 Å². The fraction of sp³-hybridized carbons (Fsp3) is 0.583. The van der Waals surface area contributed by atoms with Crippen molar-refractivity contribution in [3.8, 4) is 0 Å². The third kappa shape index (κ3) is 3.13. The highest BCUT2D eigenvalue weighted by atomic mass is 32.2. The zero-order chi connectivity index (χ0) is 13.0. The molecular formula is C12H18N4OS. The standard InChI is InChI=1S/C12H18N4OS/c1-9(12(17)16-5-3-4-6-16)15-10-7-11(18-2)14-8-13-10/h7-9H,3-6H2,1-2H3,(H,13,14,15). The van der Waals surface area contributed by atoms with E-state index in [1.807, 2.05) is 24.1 Å². The second kappa shape index (κ2) is 6.04. The Morgan fingerprint density at radius 1 is 1.44 bits per heavy atom. The Hall–Kier alpha value is -1.30. The number of likely N-dealkylation sites (tertiary alicyclic amines) is 1. The third-order valence-electron chi connectivity index (χ3n) is 3.00. The summed E-state index contributed by atoms with van der Waals surface area (Å²) in [5.41, 5.74) is 0. The van der Waals surface area contributed by atoms with Crippen LogP contribution >= 0.6 is 11.8 Å². The fourth-order valence-electron chi connectivity index (χ4n) is 2.02. The van der Waals surface area contributed by atoms with E-state index in [-0.39, 0.29) is 11.9 Å². The molecule has 0 spiro atoms. The van der Waals surface area contributed by atoms with Crippen LogP contribution < -0.4 is 5.32 Å². The normalized spacial score (nSPS) is 16.7. The van der Waals surface area contributed by atoms with Gasteiger partial charge in [0.15, 0.2) is 0 Å². The molecule has 0 bridgehead atoms. The van der Waals surface area contributed by atoms with Gasteiger partial charge in [-0.25, -0.2) is 9.97 Å². The second-order valence-electron chi connectivity index (χ2n) is 4.34. The SMILES string of the molecule is CSc1cc(NC(C)C(=O)N2CCCC2)ncn1. The van der Waals surface area contributed by atoms with E-state index < -0.39 is 0 Å². The topological polar surface area (TPSA) is 58.1 Å². The number of thioether (sulfide) groups is 1. The Labute approximate surface area is 111 Å². The third-order valence-corrected chi connectivity index (χ3v) is 3.65. The summed E-state index contributed by atoms with van der Waals surface area (Å²) in [5.74, 6) is 0.853. The number of nitrogens with one attached hydrogen (secondary N) is 1. The van der Waals surface area contributed by atoms with Gasteiger partial charge >= 0.3 is 0 Å². The number of amides is 1. The first-order chi connectivity index (χ1) is 8.70. The molecule has 1 aromatic rings. The van der Waals surface area contributed by atoms with Crippen LogP contribution in [-0.4, -0.2) is 46.2 Å². The monoisotopic (exact) mass is 266 g/mol. The Bertz CT molecular complexity index is 420. The van der Waals surface area contributed by atoms with Crippen LogP contribution in [0.1, 0.15) is 19.8 Å². The number of hydrogen-bond donors (Lipinski definition) is 1. The highest BCUT2D eigenvalue weighted by Crippen LogP contribution is 2.15. The minimum atomic E-state index is -0.243. The average molecular weight is 266 g/mol. The highest BCUT2D eigenvalue weighted by molar-refractivity contribution is 7.98. The average Bonchev–Trinajstić information content (AvgIpc) is 2.92. The van der Waals surface area contributed by atoms with Gasteiger partial charge in [0.25, 0.3) is 0 Å². The molecule has 2 heterocycles. The minimum absolute atomic E-state index is 0.150. The molecule has 1 fully saturated rings. The quantitative estimate of drug-likeness (QED) is 0.663. The van der Waals surface area contributed by atoms with Gasteiger partial charge < -0.3 is 10.2 Å². The van der Waals surface area contributed by atoms with Crippen LogP contribution in [-0.2, 0) is 4.79 Å². The van der Waals surface area contributed by atoms with E-state index in [0.717, 1.165) is 31.0 Å². The van der Waals surface area contributed by atoms with Crippen molar-refractivity contribution in [1.82, 2.24) is 14.9 Å². The minimum Gasteiger partial charge on any atom is -0.358 e. The lowest BCUT2D eigenvalue weighted by atomic mass is 10.3. The van der Waals surface area contributed by atoms with Crippen molar-refractivity contribution < 1.29 is 4.79 Å². The lowest BCUT2D eigenvalue weighted by Gasteiger charge is -2.21. The molecule has 0 radical (unpaired) electrons. The molecule has 98 valence electrons. The van der Waals surface area contributed by atoms with E-state index >= 15 is 0 Å². The number of anilines is 1. The number of nitrogens with zero attached hydrogens (tertiary/aromatic N) is 3. The Morgan fingerprint density at radius 3 is 2.83 bits per heavy atom. The summed E-state index contributed by atoms with van der Waals surface area (Å²) < 4.78 is 0. The maximum Gasteiger partial charge on any atom is 0.244 e. The molecule has 1 aromatic heterocycles. The van der Waals surface area contributed by atoms with Crippen molar-refractivity contribution in [2.75, 3.05) is 24.7 Å². The first-order valence-corrected chi connectivity index (χ1v) is 7.34. The van der Waals surface area contributed by atoms with E-state index in [9.17, 15) is 4.79 Å². The van der Waals surface area contributed by atoms with Crippen molar-refractivity contribution in [2.45, 2.75) is 30.8 Å². The van der Waals surface area contributed by atoms with Crippen molar-refractivity contribution in [3.05, 3.63) is 12.4 Å². The molecule has 1 saturated heterocycles. The van der Waals surface area contributed by atoms with Crippen LogP contribution in [0.4, 0.5) is 5.82 Å². The van der Waals surface area contributed by atoms with Crippen LogP contribution in [0.3, 0.4) is 0 Å². The van der Waals surface area contributed by atoms with Gasteiger partial charge in [-0.2, -0.15) is 0 Å². The zero-order valence-electron chi connectivity index (χ0n) is 10.7. The van der Waals surface area contributed by atoms with Gasteiger partial charge in [0, 0.05) is 19.2 Å². The highest BCUT2D eigenvalue weighted by Gasteiger charge is 2.23. The first kappa shape index (κ1) is 13.1. The van der Waals surface area contributed by atoms with Crippen LogP contribution in [0.2, 0.25) is 0 Å². The van der Waals surface area contributed by atoms with Gasteiger partial charge in [0.1, 0.15) is 23.2 Å². The molecule has 1 aliphatic rings. The van der Waals surface area contributed by atoms with Gasteiger partial charge in [-0.3, -0.25) is 4.79 Å². The van der Waals surface area contributed by atoms with Crippen LogP contribution in [0.15, 0.2) is 17.4 Å². The largest absolute Gasteiger partial charge is 0.358 e. The van der Waals surface area contributed by atoms with Crippen LogP contribution in [0, 0.1) is 0 Å². The predicted octanol–water partition coefficient (Wildman–Crippen LogP) is 1.62. The van der Waals surface area contributed by atoms with Gasteiger partial charge in [-0.15, -0.1) is 11.8 Å². The molecule has 1 aliphatic heterocycles. The van der Waals surface area contributed by atoms with Crippen LogP contribution in [0.5, 0.6) is 0 Å². The number of hydrogen-bond acceptors (Lipinski definition) is 5. The van der Waals surface area contributed by atoms with E-state index in [1.54, 1.807) is 11.8 Å².